The van der Waals surface area contributed by atoms with Gasteiger partial charge in [0.2, 0.25) is 29.6 Å². The van der Waals surface area contributed by atoms with Gasteiger partial charge in [-0.1, -0.05) is 92.7 Å². The van der Waals surface area contributed by atoms with Gasteiger partial charge in [0.05, 0.1) is 4.91 Å². The molecule has 0 radical (unpaired) electrons. The van der Waals surface area contributed by atoms with E-state index in [2.05, 4.69) is 73.2 Å². The molecular weight excluding hydrogens is 1050 g/mol. The number of sulfonamides is 1. The van der Waals surface area contributed by atoms with Crippen molar-refractivity contribution in [1.29, 1.82) is 0 Å². The number of rotatable bonds is 24. The highest BCUT2D eigenvalue weighted by molar-refractivity contribution is 7.94. The van der Waals surface area contributed by atoms with Crippen molar-refractivity contribution >= 4 is 73.2 Å². The van der Waals surface area contributed by atoms with E-state index in [0.29, 0.717) is 47.5 Å². The normalized spacial score (nSPS) is 16.0. The van der Waals surface area contributed by atoms with Crippen molar-refractivity contribution < 1.29 is 51.8 Å². The van der Waals surface area contributed by atoms with Gasteiger partial charge in [-0.25, -0.2) is 22.7 Å². The number of carbonyl (C=O) groups excluding carboxylic acids is 5. The van der Waals surface area contributed by atoms with Crippen molar-refractivity contribution in [2.24, 2.45) is 16.1 Å². The summed E-state index contributed by atoms with van der Waals surface area (Å²) in [5.74, 6) is -3.40. The Labute approximate surface area is 474 Å². The molecule has 434 valence electrons. The maximum Gasteiger partial charge on any atom is 0.407 e. The van der Waals surface area contributed by atoms with Crippen molar-refractivity contribution in [2.45, 2.75) is 150 Å². The van der Waals surface area contributed by atoms with E-state index in [1.807, 2.05) is 69.3 Å². The first-order chi connectivity index (χ1) is 38.2. The van der Waals surface area contributed by atoms with Crippen LogP contribution in [0.2, 0.25) is 0 Å². The predicted octanol–water partition coefficient (Wildman–Crippen LogP) is 8.20. The fourth-order valence-corrected chi connectivity index (χ4v) is 12.0. The smallest absolute Gasteiger partial charge is 0.407 e. The third-order valence-electron chi connectivity index (χ3n) is 14.2. The van der Waals surface area contributed by atoms with Gasteiger partial charge in [0.15, 0.2) is 0 Å². The molecule has 4 aromatic rings. The van der Waals surface area contributed by atoms with E-state index in [9.17, 15) is 42.3 Å². The second-order valence-corrected chi connectivity index (χ2v) is 23.9. The number of alkyl carbamates (subject to hydrolysis) is 1. The van der Waals surface area contributed by atoms with Crippen LogP contribution in [0.25, 0.3) is 32.7 Å². The van der Waals surface area contributed by atoms with E-state index in [0.717, 1.165) is 38.2 Å². The SMILES string of the molecule is C=CC[C@H](NC(=O)[C@@H](CCCN=C(N)NS(=O)(=O)C1=C2C(C)=C(C)OC(C)=C2CCC1(C)C)NC(=O)[C@@H](CCCCNC(=O)OC(C)(C)C)NC(=O)[C@H](Cc1ccc(-c2c3ccccc3cc3ccccc23)cc1)NC(C)=O)C(=O)O. The number of allylic oxidation sites excluding steroid dienone is 6. The summed E-state index contributed by atoms with van der Waals surface area (Å²) < 4.78 is 42.1. The number of aliphatic carboxylic acids is 1. The largest absolute Gasteiger partial charge is 0.480 e. The van der Waals surface area contributed by atoms with Gasteiger partial charge in [0.1, 0.15) is 41.3 Å². The molecule has 0 saturated carbocycles. The minimum atomic E-state index is -4.27. The summed E-state index contributed by atoms with van der Waals surface area (Å²) in [7, 11) is -4.27. The van der Waals surface area contributed by atoms with E-state index in [1.165, 1.54) is 13.0 Å². The molecular formula is C61H78N8O11S. The second kappa shape index (κ2) is 27.0. The number of amides is 5. The number of nitrogens with zero attached hydrogens (tertiary/aromatic N) is 1. The Bertz CT molecular complexity index is 3250. The van der Waals surface area contributed by atoms with Gasteiger partial charge in [-0.3, -0.25) is 24.2 Å². The summed E-state index contributed by atoms with van der Waals surface area (Å²) in [6.07, 6.45) is 2.27. The van der Waals surface area contributed by atoms with Crippen molar-refractivity contribution in [3.05, 3.63) is 130 Å². The molecule has 6 rings (SSSR count). The number of nitrogens with two attached hydrogens (primary N) is 1. The molecule has 1 aliphatic carbocycles. The Balaban J connectivity index is 1.22. The van der Waals surface area contributed by atoms with Crippen LogP contribution >= 0.6 is 0 Å². The van der Waals surface area contributed by atoms with Crippen molar-refractivity contribution in [1.82, 2.24) is 31.3 Å². The summed E-state index contributed by atoms with van der Waals surface area (Å²) >= 11 is 0. The van der Waals surface area contributed by atoms with Gasteiger partial charge in [-0.2, -0.15) is 0 Å². The first kappa shape index (κ1) is 62.2. The monoisotopic (exact) mass is 1130 g/mol. The molecule has 0 fully saturated rings. The van der Waals surface area contributed by atoms with E-state index in [1.54, 1.807) is 34.6 Å². The van der Waals surface area contributed by atoms with Crippen LogP contribution < -0.4 is 37.0 Å². The van der Waals surface area contributed by atoms with Crippen LogP contribution in [-0.4, -0.2) is 98.0 Å². The fraction of sp³-hybridized carbons (Fsp3) is 0.426. The second-order valence-electron chi connectivity index (χ2n) is 22.2. The average molecular weight is 1130 g/mol. The molecule has 0 saturated heterocycles. The number of carboxylic acids is 1. The molecule has 5 amide bonds. The number of carbonyl (C=O) groups is 6. The first-order valence-electron chi connectivity index (χ1n) is 27.3. The number of hydrogen-bond donors (Lipinski definition) is 8. The highest BCUT2D eigenvalue weighted by Gasteiger charge is 2.43. The maximum absolute atomic E-state index is 14.5. The number of hydrogen-bond acceptors (Lipinski definition) is 11. The summed E-state index contributed by atoms with van der Waals surface area (Å²) in [6.45, 7) is 19.2. The third-order valence-corrected chi connectivity index (χ3v) is 16.0. The molecule has 9 N–H and O–H groups in total. The molecule has 0 bridgehead atoms. The van der Waals surface area contributed by atoms with Gasteiger partial charge in [-0.15, -0.1) is 6.58 Å². The van der Waals surface area contributed by atoms with Gasteiger partial charge in [-0.05, 0) is 148 Å². The number of carboxylic acid groups (broad SMARTS) is 1. The molecule has 4 aromatic carbocycles. The molecule has 0 spiro atoms. The third kappa shape index (κ3) is 16.6. The minimum Gasteiger partial charge on any atom is -0.480 e. The predicted molar refractivity (Wildman–Crippen MR) is 315 cm³/mol. The number of guanidine groups is 1. The fourth-order valence-electron chi connectivity index (χ4n) is 10.2. The Morgan fingerprint density at radius 2 is 1.37 bits per heavy atom. The Morgan fingerprint density at radius 3 is 1.94 bits per heavy atom. The quantitative estimate of drug-likeness (QED) is 0.0108. The van der Waals surface area contributed by atoms with E-state index in [4.69, 9.17) is 15.2 Å². The van der Waals surface area contributed by atoms with Crippen LogP contribution in [0.3, 0.4) is 0 Å². The highest BCUT2D eigenvalue weighted by atomic mass is 32.2. The van der Waals surface area contributed by atoms with Crippen LogP contribution in [0.15, 0.2) is 130 Å². The molecule has 1 heterocycles. The zero-order chi connectivity index (χ0) is 59.4. The number of ether oxygens (including phenoxy) is 2. The molecule has 0 aromatic heterocycles. The van der Waals surface area contributed by atoms with Crippen molar-refractivity contribution in [2.75, 3.05) is 13.1 Å². The zero-order valence-electron chi connectivity index (χ0n) is 47.8. The van der Waals surface area contributed by atoms with Gasteiger partial charge >= 0.3 is 12.1 Å². The number of aliphatic imine (C=N–C) groups is 1. The lowest BCUT2D eigenvalue weighted by Crippen LogP contribution is -2.58. The number of nitrogens with one attached hydrogen (secondary N) is 6. The number of unbranched alkanes of at least 4 members (excludes halogenated alkanes) is 1. The van der Waals surface area contributed by atoms with E-state index in [-0.39, 0.29) is 56.5 Å². The zero-order valence-corrected chi connectivity index (χ0v) is 48.7. The summed E-state index contributed by atoms with van der Waals surface area (Å²) in [4.78, 5) is 84.7. The lowest BCUT2D eigenvalue weighted by Gasteiger charge is -2.38. The average Bonchev–Trinajstić information content (AvgIpc) is 3.58. The van der Waals surface area contributed by atoms with Crippen LogP contribution in [-0.2, 0) is 49.9 Å². The standard InChI is InChI=1S/C61H78N8O11S/c1-11-19-49(57(74)75)68-55(72)48(25-18-33-63-58(62)69-81(77,78)53-51-36(2)37(3)79-38(4)44(51)30-31-61(53,9)10)66-54(71)47(24-16-17-32-64-59(76)80-60(6,7)8)67-56(73)50(65-39(5)70)34-40-26-28-41(29-27-40)52-45-22-14-12-20-42(45)35-43-21-13-15-23-46(43)52/h11-15,20-23,26-29,35,47-50H,1,16-19,24-25,30-34H2,2-10H3,(H,64,76)(H,65,70)(H,66,71)(H,67,73)(H,68,72)(H,74,75)(H3,62,63,69)/t47-,48-,49+,50+/m1/s1. The summed E-state index contributed by atoms with van der Waals surface area (Å²) in [5.41, 5.74) is 9.52. The van der Waals surface area contributed by atoms with E-state index >= 15 is 0 Å². The summed E-state index contributed by atoms with van der Waals surface area (Å²) in [5, 5.41) is 27.6. The maximum atomic E-state index is 14.5. The van der Waals surface area contributed by atoms with Crippen LogP contribution in [0, 0.1) is 5.41 Å². The number of fused-ring (bicyclic) bond motifs is 3. The molecule has 19 nitrogen and oxygen atoms in total. The summed E-state index contributed by atoms with van der Waals surface area (Å²) in [6, 6.07) is 20.9. The molecule has 2 aliphatic rings. The Morgan fingerprint density at radius 1 is 0.802 bits per heavy atom. The van der Waals surface area contributed by atoms with Gasteiger partial charge in [0.25, 0.3) is 10.0 Å². The Hall–Kier alpha value is -8.00. The molecule has 81 heavy (non-hydrogen) atoms. The molecule has 1 aliphatic heterocycles. The molecule has 0 unspecified atom stereocenters. The molecule has 4 atom stereocenters. The van der Waals surface area contributed by atoms with Crippen molar-refractivity contribution in [3.8, 4) is 11.1 Å². The van der Waals surface area contributed by atoms with Crippen LogP contribution in [0.5, 0.6) is 0 Å². The van der Waals surface area contributed by atoms with Gasteiger partial charge in [0, 0.05) is 37.4 Å². The minimum absolute atomic E-state index is 0.00525. The van der Waals surface area contributed by atoms with Gasteiger partial charge < -0.3 is 46.9 Å². The van der Waals surface area contributed by atoms with Crippen LogP contribution in [0.1, 0.15) is 119 Å². The lowest BCUT2D eigenvalue weighted by molar-refractivity contribution is -0.142. The molecule has 20 heteroatoms. The lowest BCUT2D eigenvalue weighted by atomic mass is 9.74. The topological polar surface area (TPSA) is 286 Å². The number of benzene rings is 4. The first-order valence-corrected chi connectivity index (χ1v) is 28.8. The highest BCUT2D eigenvalue weighted by Crippen LogP contribution is 2.50. The Kier molecular flexibility index (Phi) is 20.7. The van der Waals surface area contributed by atoms with E-state index < -0.39 is 86.9 Å². The van der Waals surface area contributed by atoms with Crippen LogP contribution in [0.4, 0.5) is 4.79 Å². The van der Waals surface area contributed by atoms with Crippen molar-refractivity contribution in [3.63, 3.8) is 0 Å².